The molecule has 0 aliphatic rings. The molecule has 0 heterocycles. The van der Waals surface area contributed by atoms with E-state index in [1.54, 1.807) is 0 Å². The monoisotopic (exact) mass is 436 g/mol. The fraction of sp³-hybridized carbons (Fsp3) is 0.786. The molecule has 0 bridgehead atoms. The van der Waals surface area contributed by atoms with Gasteiger partial charge in [-0.3, -0.25) is 9.89 Å². The van der Waals surface area contributed by atoms with Crippen molar-refractivity contribution in [2.24, 2.45) is 4.99 Å². The molecule has 0 aliphatic carbocycles. The average molecular weight is 436 g/mol. The molecule has 22 heavy (non-hydrogen) atoms. The zero-order valence-corrected chi connectivity index (χ0v) is 15.9. The summed E-state index contributed by atoms with van der Waals surface area (Å²) >= 11 is 0. The summed E-state index contributed by atoms with van der Waals surface area (Å²) in [4.78, 5) is 7.57. The highest BCUT2D eigenvalue weighted by atomic mass is 127. The number of nitrogens with zero attached hydrogens (tertiary/aromatic N) is 3. The standard InChI is InChI=1S/C14H27F3N4.HI/c1-5-7-8-10-21(4)13(18-6-2)19-9-11-20(3)12-14(15,16)17;/h5H,1,6-12H2,2-4H3,(H,18,19);1H. The molecular formula is C14H28F3IN4. The SMILES string of the molecule is C=CCCCN(C)C(=NCCN(C)CC(F)(F)F)NCC.I. The first-order valence-electron chi connectivity index (χ1n) is 7.15. The zero-order valence-electron chi connectivity index (χ0n) is 13.6. The number of unbranched alkanes of at least 4 members (excludes halogenated alkanes) is 1. The molecule has 4 nitrogen and oxygen atoms in total. The van der Waals surface area contributed by atoms with E-state index in [2.05, 4.69) is 16.9 Å². The zero-order chi connectivity index (χ0) is 16.3. The van der Waals surface area contributed by atoms with Crippen molar-refractivity contribution in [3.8, 4) is 0 Å². The third-order valence-corrected chi connectivity index (χ3v) is 2.79. The van der Waals surface area contributed by atoms with Crippen molar-refractivity contribution >= 4 is 29.9 Å². The number of hydrogen-bond acceptors (Lipinski definition) is 2. The molecule has 0 aliphatic heterocycles. The smallest absolute Gasteiger partial charge is 0.357 e. The lowest BCUT2D eigenvalue weighted by Gasteiger charge is -2.22. The molecule has 1 N–H and O–H groups in total. The van der Waals surface area contributed by atoms with Gasteiger partial charge in [0, 0.05) is 26.7 Å². The first-order chi connectivity index (χ1) is 9.80. The van der Waals surface area contributed by atoms with Gasteiger partial charge in [-0.1, -0.05) is 6.08 Å². The second kappa shape index (κ2) is 13.0. The van der Waals surface area contributed by atoms with Crippen molar-refractivity contribution in [2.75, 3.05) is 46.8 Å². The fourth-order valence-electron chi connectivity index (χ4n) is 1.76. The summed E-state index contributed by atoms with van der Waals surface area (Å²) in [7, 11) is 3.37. The summed E-state index contributed by atoms with van der Waals surface area (Å²) in [5.41, 5.74) is 0. The van der Waals surface area contributed by atoms with Crippen LogP contribution in [-0.4, -0.2) is 68.8 Å². The van der Waals surface area contributed by atoms with Crippen molar-refractivity contribution in [3.05, 3.63) is 12.7 Å². The third kappa shape index (κ3) is 13.2. The predicted octanol–water partition coefficient (Wildman–Crippen LogP) is 2.96. The van der Waals surface area contributed by atoms with Gasteiger partial charge in [-0.15, -0.1) is 30.6 Å². The summed E-state index contributed by atoms with van der Waals surface area (Å²) in [5, 5.41) is 3.14. The summed E-state index contributed by atoms with van der Waals surface area (Å²) < 4.78 is 36.6. The van der Waals surface area contributed by atoms with Crippen LogP contribution in [0.5, 0.6) is 0 Å². The van der Waals surface area contributed by atoms with Crippen LogP contribution in [0.4, 0.5) is 13.2 Å². The van der Waals surface area contributed by atoms with Gasteiger partial charge >= 0.3 is 6.18 Å². The van der Waals surface area contributed by atoms with E-state index in [4.69, 9.17) is 0 Å². The topological polar surface area (TPSA) is 30.9 Å². The molecule has 0 radical (unpaired) electrons. The number of guanidine groups is 1. The van der Waals surface area contributed by atoms with E-state index in [1.165, 1.54) is 11.9 Å². The molecular weight excluding hydrogens is 408 g/mol. The van der Waals surface area contributed by atoms with Crippen molar-refractivity contribution in [3.63, 3.8) is 0 Å². The van der Waals surface area contributed by atoms with Gasteiger partial charge in [0.2, 0.25) is 0 Å². The number of nitrogens with one attached hydrogen (secondary N) is 1. The Bertz CT molecular complexity index is 322. The molecule has 0 saturated carbocycles. The third-order valence-electron chi connectivity index (χ3n) is 2.79. The Labute approximate surface area is 148 Å². The summed E-state index contributed by atoms with van der Waals surface area (Å²) in [5.74, 6) is 0.724. The number of aliphatic imine (C=N–C) groups is 1. The van der Waals surface area contributed by atoms with E-state index in [1.807, 2.05) is 24.9 Å². The largest absolute Gasteiger partial charge is 0.401 e. The highest BCUT2D eigenvalue weighted by Gasteiger charge is 2.28. The van der Waals surface area contributed by atoms with Gasteiger partial charge in [0.05, 0.1) is 13.1 Å². The number of rotatable bonds is 9. The summed E-state index contributed by atoms with van der Waals surface area (Å²) in [6.45, 7) is 6.89. The lowest BCUT2D eigenvalue weighted by molar-refractivity contribution is -0.142. The van der Waals surface area contributed by atoms with E-state index in [9.17, 15) is 13.2 Å². The molecule has 0 amide bonds. The Hall–Kier alpha value is -0.510. The van der Waals surface area contributed by atoms with Crippen LogP contribution in [-0.2, 0) is 0 Å². The minimum Gasteiger partial charge on any atom is -0.357 e. The number of alkyl halides is 3. The van der Waals surface area contributed by atoms with E-state index in [-0.39, 0.29) is 30.5 Å². The van der Waals surface area contributed by atoms with Gasteiger partial charge in [0.25, 0.3) is 0 Å². The Kier molecular flexibility index (Phi) is 14.0. The van der Waals surface area contributed by atoms with Gasteiger partial charge in [-0.05, 0) is 26.8 Å². The van der Waals surface area contributed by atoms with Crippen LogP contribution < -0.4 is 5.32 Å². The molecule has 0 aromatic heterocycles. The maximum Gasteiger partial charge on any atom is 0.401 e. The molecule has 0 aromatic rings. The molecule has 0 rings (SSSR count). The first kappa shape index (κ1) is 23.8. The lowest BCUT2D eigenvalue weighted by Crippen LogP contribution is -2.40. The highest BCUT2D eigenvalue weighted by molar-refractivity contribution is 14.0. The number of hydrogen-bond donors (Lipinski definition) is 1. The number of halogens is 4. The van der Waals surface area contributed by atoms with Crippen LogP contribution in [0.15, 0.2) is 17.6 Å². The van der Waals surface area contributed by atoms with Crippen molar-refractivity contribution in [1.29, 1.82) is 0 Å². The van der Waals surface area contributed by atoms with E-state index in [0.29, 0.717) is 6.54 Å². The van der Waals surface area contributed by atoms with E-state index < -0.39 is 12.7 Å². The fourth-order valence-corrected chi connectivity index (χ4v) is 1.76. The normalized spacial score (nSPS) is 12.0. The van der Waals surface area contributed by atoms with Crippen LogP contribution >= 0.6 is 24.0 Å². The van der Waals surface area contributed by atoms with Gasteiger partial charge in [0.15, 0.2) is 5.96 Å². The van der Waals surface area contributed by atoms with Gasteiger partial charge in [-0.25, -0.2) is 0 Å². The Morgan fingerprint density at radius 1 is 1.27 bits per heavy atom. The van der Waals surface area contributed by atoms with Gasteiger partial charge < -0.3 is 10.2 Å². The predicted molar refractivity (Wildman–Crippen MR) is 97.0 cm³/mol. The van der Waals surface area contributed by atoms with Crippen LogP contribution in [0.25, 0.3) is 0 Å². The minimum atomic E-state index is -4.16. The van der Waals surface area contributed by atoms with Gasteiger partial charge in [-0.2, -0.15) is 13.2 Å². The Balaban J connectivity index is 0. The number of likely N-dealkylation sites (N-methyl/N-ethyl adjacent to an activating group) is 1. The highest BCUT2D eigenvalue weighted by Crippen LogP contribution is 2.15. The van der Waals surface area contributed by atoms with Crippen LogP contribution in [0, 0.1) is 0 Å². The molecule has 0 spiro atoms. The number of allylic oxidation sites excluding steroid dienone is 1. The summed E-state index contributed by atoms with van der Waals surface area (Å²) in [6.07, 6.45) is -0.398. The molecule has 0 aromatic carbocycles. The minimum absolute atomic E-state index is 0. The van der Waals surface area contributed by atoms with Crippen LogP contribution in [0.3, 0.4) is 0 Å². The second-order valence-electron chi connectivity index (χ2n) is 4.94. The maximum atomic E-state index is 12.2. The lowest BCUT2D eigenvalue weighted by atomic mass is 10.3. The molecule has 0 unspecified atom stereocenters. The molecule has 8 heteroatoms. The quantitative estimate of drug-likeness (QED) is 0.198. The van der Waals surface area contributed by atoms with E-state index in [0.717, 1.165) is 31.9 Å². The molecule has 132 valence electrons. The Morgan fingerprint density at radius 2 is 1.91 bits per heavy atom. The molecule has 0 fully saturated rings. The van der Waals surface area contributed by atoms with Crippen molar-refractivity contribution in [2.45, 2.75) is 25.9 Å². The first-order valence-corrected chi connectivity index (χ1v) is 7.15. The van der Waals surface area contributed by atoms with Crippen LogP contribution in [0.1, 0.15) is 19.8 Å². The molecule has 0 saturated heterocycles. The average Bonchev–Trinajstić information content (AvgIpc) is 2.35. The molecule has 0 atom stereocenters. The van der Waals surface area contributed by atoms with Crippen molar-refractivity contribution in [1.82, 2.24) is 15.1 Å². The van der Waals surface area contributed by atoms with Crippen molar-refractivity contribution < 1.29 is 13.2 Å². The van der Waals surface area contributed by atoms with Crippen LogP contribution in [0.2, 0.25) is 0 Å². The second-order valence-corrected chi connectivity index (χ2v) is 4.94. The van der Waals surface area contributed by atoms with Gasteiger partial charge in [0.1, 0.15) is 0 Å². The summed E-state index contributed by atoms with van der Waals surface area (Å²) in [6, 6.07) is 0. The Morgan fingerprint density at radius 3 is 2.41 bits per heavy atom. The van der Waals surface area contributed by atoms with E-state index >= 15 is 0 Å². The maximum absolute atomic E-state index is 12.2.